The fourth-order valence-electron chi connectivity index (χ4n) is 2.37. The van der Waals surface area contributed by atoms with Crippen LogP contribution in [-0.2, 0) is 12.8 Å². The van der Waals surface area contributed by atoms with Crippen LogP contribution in [0.4, 0.5) is 0 Å². The van der Waals surface area contributed by atoms with Crippen LogP contribution in [0, 0.1) is 0 Å². The molecule has 1 aliphatic carbocycles. The predicted octanol–water partition coefficient (Wildman–Crippen LogP) is 1.22. The number of aliphatic hydroxyl groups excluding tert-OH is 1. The SMILES string of the molecule is CC(C)N[C@@H]1Cc2c(O)cccc2C[C@H]1O. The predicted molar refractivity (Wildman–Crippen MR) is 63.6 cm³/mol. The number of phenols is 1. The molecule has 16 heavy (non-hydrogen) atoms. The van der Waals surface area contributed by atoms with Crippen molar-refractivity contribution in [2.24, 2.45) is 0 Å². The minimum Gasteiger partial charge on any atom is -0.508 e. The maximum Gasteiger partial charge on any atom is 0.119 e. The van der Waals surface area contributed by atoms with Crippen molar-refractivity contribution in [3.8, 4) is 5.75 Å². The molecular weight excluding hydrogens is 202 g/mol. The summed E-state index contributed by atoms with van der Waals surface area (Å²) in [6, 6.07) is 5.90. The Morgan fingerprint density at radius 2 is 2.06 bits per heavy atom. The van der Waals surface area contributed by atoms with E-state index in [1.165, 1.54) is 0 Å². The fraction of sp³-hybridized carbons (Fsp3) is 0.538. The lowest BCUT2D eigenvalue weighted by Gasteiger charge is -2.32. The molecular formula is C13H19NO2. The molecule has 1 aromatic carbocycles. The van der Waals surface area contributed by atoms with Gasteiger partial charge in [0.25, 0.3) is 0 Å². The second kappa shape index (κ2) is 4.44. The Morgan fingerprint density at radius 1 is 1.31 bits per heavy atom. The fourth-order valence-corrected chi connectivity index (χ4v) is 2.37. The van der Waals surface area contributed by atoms with Crippen molar-refractivity contribution in [1.82, 2.24) is 5.32 Å². The van der Waals surface area contributed by atoms with Gasteiger partial charge in [-0.15, -0.1) is 0 Å². The average Bonchev–Trinajstić information content (AvgIpc) is 2.20. The highest BCUT2D eigenvalue weighted by atomic mass is 16.3. The highest BCUT2D eigenvalue weighted by Crippen LogP contribution is 2.29. The molecule has 2 atom stereocenters. The van der Waals surface area contributed by atoms with Gasteiger partial charge in [0.2, 0.25) is 0 Å². The molecule has 0 saturated heterocycles. The van der Waals surface area contributed by atoms with Crippen molar-refractivity contribution in [3.63, 3.8) is 0 Å². The van der Waals surface area contributed by atoms with Crippen molar-refractivity contribution in [1.29, 1.82) is 0 Å². The van der Waals surface area contributed by atoms with Crippen LogP contribution in [0.1, 0.15) is 25.0 Å². The van der Waals surface area contributed by atoms with Gasteiger partial charge >= 0.3 is 0 Å². The first-order valence-electron chi connectivity index (χ1n) is 5.81. The molecule has 0 aliphatic heterocycles. The van der Waals surface area contributed by atoms with Gasteiger partial charge in [-0.05, 0) is 23.6 Å². The minimum atomic E-state index is -0.364. The second-order valence-electron chi connectivity index (χ2n) is 4.82. The lowest BCUT2D eigenvalue weighted by Crippen LogP contribution is -2.48. The van der Waals surface area contributed by atoms with Gasteiger partial charge in [0.1, 0.15) is 5.75 Å². The number of benzene rings is 1. The van der Waals surface area contributed by atoms with Crippen LogP contribution in [0.3, 0.4) is 0 Å². The van der Waals surface area contributed by atoms with E-state index in [9.17, 15) is 10.2 Å². The molecule has 0 spiro atoms. The van der Waals surface area contributed by atoms with Crippen LogP contribution in [0.25, 0.3) is 0 Å². The molecule has 0 unspecified atom stereocenters. The monoisotopic (exact) mass is 221 g/mol. The Hall–Kier alpha value is -1.06. The molecule has 3 heteroatoms. The molecule has 0 fully saturated rings. The Labute approximate surface area is 96.1 Å². The van der Waals surface area contributed by atoms with E-state index < -0.39 is 0 Å². The first kappa shape index (κ1) is 11.4. The van der Waals surface area contributed by atoms with Crippen molar-refractivity contribution in [3.05, 3.63) is 29.3 Å². The van der Waals surface area contributed by atoms with Gasteiger partial charge in [-0.2, -0.15) is 0 Å². The highest BCUT2D eigenvalue weighted by Gasteiger charge is 2.28. The number of nitrogens with one attached hydrogen (secondary N) is 1. The van der Waals surface area contributed by atoms with Crippen LogP contribution < -0.4 is 5.32 Å². The number of aromatic hydroxyl groups is 1. The lowest BCUT2D eigenvalue weighted by atomic mass is 9.85. The third-order valence-corrected chi connectivity index (χ3v) is 3.11. The standard InChI is InChI=1S/C13H19NO2/c1-8(2)14-11-7-10-9(6-13(11)16)4-3-5-12(10)15/h3-5,8,11,13-16H,6-7H2,1-2H3/t11-,13-/m1/s1. The summed E-state index contributed by atoms with van der Waals surface area (Å²) in [6.45, 7) is 4.13. The zero-order valence-corrected chi connectivity index (χ0v) is 9.77. The Kier molecular flexibility index (Phi) is 3.17. The molecule has 0 aromatic heterocycles. The van der Waals surface area contributed by atoms with E-state index in [0.29, 0.717) is 24.6 Å². The minimum absolute atomic E-state index is 0.0424. The second-order valence-corrected chi connectivity index (χ2v) is 4.82. The topological polar surface area (TPSA) is 52.5 Å². The summed E-state index contributed by atoms with van der Waals surface area (Å²) in [5, 5.41) is 23.1. The van der Waals surface area contributed by atoms with Gasteiger partial charge in [0.15, 0.2) is 0 Å². The first-order valence-corrected chi connectivity index (χ1v) is 5.81. The molecule has 0 heterocycles. The van der Waals surface area contributed by atoms with E-state index in [0.717, 1.165) is 11.1 Å². The normalized spacial score (nSPS) is 24.5. The molecule has 0 amide bonds. The van der Waals surface area contributed by atoms with E-state index in [4.69, 9.17) is 0 Å². The number of rotatable bonds is 2. The van der Waals surface area contributed by atoms with Gasteiger partial charge in [-0.1, -0.05) is 26.0 Å². The summed E-state index contributed by atoms with van der Waals surface area (Å²) in [6.07, 6.45) is 0.951. The number of hydrogen-bond acceptors (Lipinski definition) is 3. The van der Waals surface area contributed by atoms with Crippen LogP contribution >= 0.6 is 0 Å². The smallest absolute Gasteiger partial charge is 0.119 e. The number of fused-ring (bicyclic) bond motifs is 1. The average molecular weight is 221 g/mol. The highest BCUT2D eigenvalue weighted by molar-refractivity contribution is 5.42. The first-order chi connectivity index (χ1) is 7.58. The van der Waals surface area contributed by atoms with E-state index in [-0.39, 0.29) is 12.1 Å². The lowest BCUT2D eigenvalue weighted by molar-refractivity contribution is 0.114. The number of phenolic OH excluding ortho intramolecular Hbond substituents is 1. The van der Waals surface area contributed by atoms with Gasteiger partial charge < -0.3 is 15.5 Å². The summed E-state index contributed by atoms with van der Waals surface area (Å²) < 4.78 is 0. The Morgan fingerprint density at radius 3 is 2.75 bits per heavy atom. The molecule has 2 rings (SSSR count). The van der Waals surface area contributed by atoms with Gasteiger partial charge in [0.05, 0.1) is 6.10 Å². The van der Waals surface area contributed by atoms with Gasteiger partial charge in [-0.3, -0.25) is 0 Å². The maximum absolute atomic E-state index is 10.0. The van der Waals surface area contributed by atoms with E-state index in [2.05, 4.69) is 19.2 Å². The van der Waals surface area contributed by atoms with Crippen molar-refractivity contribution in [2.45, 2.75) is 44.9 Å². The molecule has 3 nitrogen and oxygen atoms in total. The van der Waals surface area contributed by atoms with Crippen LogP contribution in [0.15, 0.2) is 18.2 Å². The third kappa shape index (κ3) is 2.20. The molecule has 0 bridgehead atoms. The number of aliphatic hydroxyl groups is 1. The third-order valence-electron chi connectivity index (χ3n) is 3.11. The van der Waals surface area contributed by atoms with E-state index in [1.54, 1.807) is 6.07 Å². The van der Waals surface area contributed by atoms with Gasteiger partial charge in [-0.25, -0.2) is 0 Å². The summed E-state index contributed by atoms with van der Waals surface area (Å²) >= 11 is 0. The molecule has 1 aromatic rings. The molecule has 1 aliphatic rings. The molecule has 88 valence electrons. The zero-order valence-electron chi connectivity index (χ0n) is 9.77. The zero-order chi connectivity index (χ0) is 11.7. The quantitative estimate of drug-likeness (QED) is 0.704. The maximum atomic E-state index is 10.0. The van der Waals surface area contributed by atoms with E-state index in [1.807, 2.05) is 12.1 Å². The van der Waals surface area contributed by atoms with Crippen LogP contribution in [0.2, 0.25) is 0 Å². The largest absolute Gasteiger partial charge is 0.508 e. The molecule has 0 radical (unpaired) electrons. The molecule has 3 N–H and O–H groups in total. The van der Waals surface area contributed by atoms with Gasteiger partial charge in [0, 0.05) is 18.5 Å². The Bertz CT molecular complexity index is 376. The Balaban J connectivity index is 2.23. The summed E-state index contributed by atoms with van der Waals surface area (Å²) in [7, 11) is 0. The van der Waals surface area contributed by atoms with E-state index >= 15 is 0 Å². The summed E-state index contributed by atoms with van der Waals surface area (Å²) in [5.41, 5.74) is 2.04. The van der Waals surface area contributed by atoms with Crippen molar-refractivity contribution in [2.75, 3.05) is 0 Å². The number of hydrogen-bond donors (Lipinski definition) is 3. The van der Waals surface area contributed by atoms with Crippen LogP contribution in [0.5, 0.6) is 5.75 Å². The molecule has 0 saturated carbocycles. The summed E-state index contributed by atoms with van der Waals surface area (Å²) in [4.78, 5) is 0. The van der Waals surface area contributed by atoms with Crippen molar-refractivity contribution < 1.29 is 10.2 Å². The van der Waals surface area contributed by atoms with Crippen molar-refractivity contribution >= 4 is 0 Å². The van der Waals surface area contributed by atoms with Crippen LogP contribution in [-0.4, -0.2) is 28.4 Å². The summed E-state index contributed by atoms with van der Waals surface area (Å²) in [5.74, 6) is 0.347.